The number of sulfonamides is 1. The van der Waals surface area contributed by atoms with Crippen LogP contribution in [-0.4, -0.2) is 79.6 Å². The lowest BCUT2D eigenvalue weighted by Crippen LogP contribution is -2.51. The molecule has 1 heterocycles. The van der Waals surface area contributed by atoms with Crippen LogP contribution in [-0.2, 0) is 19.6 Å². The molecule has 122 valence electrons. The summed E-state index contributed by atoms with van der Waals surface area (Å²) >= 11 is 0. The second-order valence-corrected chi connectivity index (χ2v) is 7.03. The summed E-state index contributed by atoms with van der Waals surface area (Å²) in [5.74, 6) is -1.19. The Labute approximate surface area is 125 Å². The van der Waals surface area contributed by atoms with Crippen LogP contribution in [0.4, 0.5) is 0 Å². The predicted molar refractivity (Wildman–Crippen MR) is 77.4 cm³/mol. The van der Waals surface area contributed by atoms with E-state index in [1.807, 2.05) is 11.8 Å². The van der Waals surface area contributed by atoms with Gasteiger partial charge < -0.3 is 10.4 Å². The lowest BCUT2D eigenvalue weighted by molar-refractivity contribution is -0.137. The number of aliphatic carboxylic acids is 1. The zero-order chi connectivity index (χ0) is 15.9. The van der Waals surface area contributed by atoms with Crippen LogP contribution in [0.5, 0.6) is 0 Å². The molecule has 1 aliphatic rings. The first-order chi connectivity index (χ1) is 9.85. The fourth-order valence-corrected chi connectivity index (χ4v) is 3.64. The van der Waals surface area contributed by atoms with Gasteiger partial charge in [0.05, 0.1) is 12.3 Å². The molecule has 0 aromatic rings. The number of likely N-dealkylation sites (N-methyl/N-ethyl adjacent to an activating group) is 1. The normalized spacial score (nSPS) is 17.6. The summed E-state index contributed by atoms with van der Waals surface area (Å²) in [4.78, 5) is 23.8. The number of nitrogens with zero attached hydrogens (tertiary/aromatic N) is 2. The fraction of sp³-hybridized carbons (Fsp3) is 0.833. The highest BCUT2D eigenvalue weighted by Gasteiger charge is 2.27. The van der Waals surface area contributed by atoms with Gasteiger partial charge in [0, 0.05) is 39.1 Å². The Hall–Kier alpha value is -1.19. The molecule has 2 N–H and O–H groups in total. The van der Waals surface area contributed by atoms with Crippen molar-refractivity contribution in [3.05, 3.63) is 0 Å². The van der Waals surface area contributed by atoms with Gasteiger partial charge in [-0.2, -0.15) is 4.31 Å². The van der Waals surface area contributed by atoms with Gasteiger partial charge in [-0.3, -0.25) is 14.5 Å². The summed E-state index contributed by atoms with van der Waals surface area (Å²) in [6.45, 7) is 4.41. The van der Waals surface area contributed by atoms with Gasteiger partial charge in [-0.15, -0.1) is 0 Å². The number of hydrogen-bond acceptors (Lipinski definition) is 5. The van der Waals surface area contributed by atoms with E-state index in [2.05, 4.69) is 5.32 Å². The minimum Gasteiger partial charge on any atom is -0.481 e. The van der Waals surface area contributed by atoms with E-state index in [1.54, 1.807) is 0 Å². The first-order valence-electron chi connectivity index (χ1n) is 7.04. The molecule has 8 nitrogen and oxygen atoms in total. The molecule has 0 aromatic heterocycles. The van der Waals surface area contributed by atoms with E-state index in [1.165, 1.54) is 4.31 Å². The Balaban J connectivity index is 2.37. The second kappa shape index (κ2) is 8.30. The quantitative estimate of drug-likeness (QED) is 0.590. The zero-order valence-electron chi connectivity index (χ0n) is 12.2. The van der Waals surface area contributed by atoms with Gasteiger partial charge in [0.25, 0.3) is 0 Å². The third-order valence-electron chi connectivity index (χ3n) is 3.26. The van der Waals surface area contributed by atoms with Crippen molar-refractivity contribution >= 4 is 21.9 Å². The third kappa shape index (κ3) is 6.40. The largest absolute Gasteiger partial charge is 0.481 e. The average molecular weight is 321 g/mol. The summed E-state index contributed by atoms with van der Waals surface area (Å²) in [6, 6.07) is 0. The Kier molecular flexibility index (Phi) is 7.06. The number of nitrogens with one attached hydrogen (secondary N) is 1. The number of carbonyl (C=O) groups is 2. The van der Waals surface area contributed by atoms with Gasteiger partial charge in [0.15, 0.2) is 0 Å². The van der Waals surface area contributed by atoms with Gasteiger partial charge in [-0.05, 0) is 13.3 Å². The molecule has 0 spiro atoms. The molecule has 1 aliphatic heterocycles. The van der Waals surface area contributed by atoms with E-state index in [0.29, 0.717) is 32.7 Å². The molecule has 0 atom stereocenters. The molecule has 0 aliphatic carbocycles. The number of carboxylic acids is 1. The maximum Gasteiger partial charge on any atom is 0.303 e. The van der Waals surface area contributed by atoms with Crippen molar-refractivity contribution in [1.29, 1.82) is 0 Å². The SMILES string of the molecule is CCNC(=O)CN1CCN(S(=O)(=O)CCCC(=O)O)CC1. The molecule has 0 unspecified atom stereocenters. The van der Waals surface area contributed by atoms with Crippen LogP contribution in [0.2, 0.25) is 0 Å². The smallest absolute Gasteiger partial charge is 0.303 e. The molecule has 0 saturated carbocycles. The molecular formula is C12H23N3O5S. The van der Waals surface area contributed by atoms with Crippen molar-refractivity contribution < 1.29 is 23.1 Å². The molecule has 21 heavy (non-hydrogen) atoms. The lowest BCUT2D eigenvalue weighted by Gasteiger charge is -2.33. The Bertz CT molecular complexity index is 458. The van der Waals surface area contributed by atoms with Crippen LogP contribution in [0.1, 0.15) is 19.8 Å². The predicted octanol–water partition coefficient (Wildman–Crippen LogP) is -1.07. The highest BCUT2D eigenvalue weighted by Crippen LogP contribution is 2.09. The van der Waals surface area contributed by atoms with E-state index in [0.717, 1.165) is 0 Å². The Morgan fingerprint density at radius 2 is 1.81 bits per heavy atom. The monoisotopic (exact) mass is 321 g/mol. The standard InChI is InChI=1S/C12H23N3O5S/c1-2-13-11(16)10-14-5-7-15(8-6-14)21(19,20)9-3-4-12(17)18/h2-10H2,1H3,(H,13,16)(H,17,18). The third-order valence-corrected chi connectivity index (χ3v) is 5.22. The van der Waals surface area contributed by atoms with Gasteiger partial charge in [-0.1, -0.05) is 0 Å². The highest BCUT2D eigenvalue weighted by atomic mass is 32.2. The summed E-state index contributed by atoms with van der Waals surface area (Å²) in [7, 11) is -3.40. The minimum atomic E-state index is -3.40. The molecule has 0 bridgehead atoms. The highest BCUT2D eigenvalue weighted by molar-refractivity contribution is 7.89. The molecule has 0 aromatic carbocycles. The van der Waals surface area contributed by atoms with Crippen LogP contribution in [0.25, 0.3) is 0 Å². The molecule has 0 radical (unpaired) electrons. The fourth-order valence-electron chi connectivity index (χ4n) is 2.16. The number of rotatable bonds is 8. The topological polar surface area (TPSA) is 107 Å². The van der Waals surface area contributed by atoms with Crippen LogP contribution >= 0.6 is 0 Å². The maximum atomic E-state index is 12.0. The minimum absolute atomic E-state index is 0.0599. The molecule has 1 fully saturated rings. The molecule has 1 rings (SSSR count). The summed E-state index contributed by atoms with van der Waals surface area (Å²) in [6.07, 6.45) is -0.0207. The van der Waals surface area contributed by atoms with E-state index in [4.69, 9.17) is 5.11 Å². The zero-order valence-corrected chi connectivity index (χ0v) is 13.1. The summed E-state index contributed by atoms with van der Waals surface area (Å²) in [5, 5.41) is 11.2. The first-order valence-corrected chi connectivity index (χ1v) is 8.64. The Morgan fingerprint density at radius 1 is 1.19 bits per heavy atom. The van der Waals surface area contributed by atoms with Gasteiger partial charge in [0.1, 0.15) is 0 Å². The summed E-state index contributed by atoms with van der Waals surface area (Å²) in [5.41, 5.74) is 0. The van der Waals surface area contributed by atoms with Crippen molar-refractivity contribution in [3.8, 4) is 0 Å². The van der Waals surface area contributed by atoms with Crippen molar-refractivity contribution in [1.82, 2.24) is 14.5 Å². The molecule has 1 amide bonds. The second-order valence-electron chi connectivity index (χ2n) is 4.94. The van der Waals surface area contributed by atoms with Crippen molar-refractivity contribution in [2.45, 2.75) is 19.8 Å². The van der Waals surface area contributed by atoms with Crippen LogP contribution in [0.3, 0.4) is 0 Å². The molecule has 9 heteroatoms. The van der Waals surface area contributed by atoms with E-state index in [9.17, 15) is 18.0 Å². The first kappa shape index (κ1) is 17.9. The number of piperazine rings is 1. The number of carboxylic acid groups (broad SMARTS) is 1. The molecule has 1 saturated heterocycles. The van der Waals surface area contributed by atoms with Crippen LogP contribution < -0.4 is 5.32 Å². The average Bonchev–Trinajstić information content (AvgIpc) is 2.38. The maximum absolute atomic E-state index is 12.0. The number of carbonyl (C=O) groups excluding carboxylic acids is 1. The summed E-state index contributed by atoms with van der Waals surface area (Å²) < 4.78 is 25.4. The van der Waals surface area contributed by atoms with Gasteiger partial charge in [-0.25, -0.2) is 8.42 Å². The van der Waals surface area contributed by atoms with E-state index >= 15 is 0 Å². The van der Waals surface area contributed by atoms with E-state index < -0.39 is 16.0 Å². The molecular weight excluding hydrogens is 298 g/mol. The Morgan fingerprint density at radius 3 is 2.33 bits per heavy atom. The van der Waals surface area contributed by atoms with Crippen LogP contribution in [0, 0.1) is 0 Å². The van der Waals surface area contributed by atoms with Crippen molar-refractivity contribution in [3.63, 3.8) is 0 Å². The van der Waals surface area contributed by atoms with Crippen molar-refractivity contribution in [2.24, 2.45) is 0 Å². The number of amides is 1. The van der Waals surface area contributed by atoms with E-state index in [-0.39, 0.29) is 31.0 Å². The van der Waals surface area contributed by atoms with Gasteiger partial charge in [0.2, 0.25) is 15.9 Å². The van der Waals surface area contributed by atoms with Gasteiger partial charge >= 0.3 is 5.97 Å². The van der Waals surface area contributed by atoms with Crippen molar-refractivity contribution in [2.75, 3.05) is 45.0 Å². The van der Waals surface area contributed by atoms with Crippen LogP contribution in [0.15, 0.2) is 0 Å². The number of hydrogen-bond donors (Lipinski definition) is 2. The lowest BCUT2D eigenvalue weighted by atomic mass is 10.3.